The lowest BCUT2D eigenvalue weighted by Crippen LogP contribution is -2.30. The maximum Gasteiger partial charge on any atom is 0.143 e. The lowest BCUT2D eigenvalue weighted by Gasteiger charge is -2.42. The van der Waals surface area contributed by atoms with Crippen LogP contribution in [0.25, 0.3) is 33.1 Å². The third-order valence-corrected chi connectivity index (χ3v) is 9.89. The van der Waals surface area contributed by atoms with Crippen molar-refractivity contribution in [3.05, 3.63) is 181 Å². The number of para-hydroxylation sites is 4. The third-order valence-electron chi connectivity index (χ3n) is 9.89. The highest BCUT2D eigenvalue weighted by molar-refractivity contribution is 6.12. The molecule has 8 aromatic rings. The zero-order valence-corrected chi connectivity index (χ0v) is 27.3. The largest absolute Gasteiger partial charge is 0.455 e. The van der Waals surface area contributed by atoms with Crippen molar-refractivity contribution in [1.29, 1.82) is 0 Å². The molecule has 3 nitrogen and oxygen atoms in total. The minimum Gasteiger partial charge on any atom is -0.455 e. The van der Waals surface area contributed by atoms with Gasteiger partial charge in [0.15, 0.2) is 0 Å². The van der Waals surface area contributed by atoms with Crippen LogP contribution >= 0.6 is 0 Å². The predicted octanol–water partition coefficient (Wildman–Crippen LogP) is 13.0. The molecule has 0 saturated heterocycles. The van der Waals surface area contributed by atoms with Crippen molar-refractivity contribution in [2.24, 2.45) is 0 Å². The number of benzene rings is 7. The van der Waals surface area contributed by atoms with Gasteiger partial charge in [-0.15, -0.1) is 0 Å². The summed E-state index contributed by atoms with van der Waals surface area (Å²) in [6.07, 6.45) is 0. The van der Waals surface area contributed by atoms with Crippen LogP contribution in [0.15, 0.2) is 168 Å². The summed E-state index contributed by atoms with van der Waals surface area (Å²) in [6, 6.07) is 55.6. The van der Waals surface area contributed by atoms with Crippen molar-refractivity contribution in [2.75, 3.05) is 9.80 Å². The van der Waals surface area contributed by atoms with E-state index in [-0.39, 0.29) is 11.2 Å². The first-order valence-electron chi connectivity index (χ1n) is 16.6. The fourth-order valence-corrected chi connectivity index (χ4v) is 7.51. The molecule has 9 rings (SSSR count). The van der Waals surface area contributed by atoms with E-state index in [1.807, 2.05) is 42.5 Å². The molecular formula is C45H33FN2O. The SMILES string of the molecule is CC1(C)c2ccccc2N(c2cc(-c3ccc(N(c4ccccc4)c4ccc(F)cc4)cc3)c3oc4ccccc4c3c2)c2ccccc21. The van der Waals surface area contributed by atoms with Crippen molar-refractivity contribution in [3.8, 4) is 11.1 Å². The number of hydrogen-bond acceptors (Lipinski definition) is 3. The number of fused-ring (bicyclic) bond motifs is 5. The lowest BCUT2D eigenvalue weighted by molar-refractivity contribution is 0.628. The van der Waals surface area contributed by atoms with Crippen LogP contribution in [0.3, 0.4) is 0 Å². The standard InChI is InChI=1S/C45H33FN2O/c1-45(2)39-15-7-9-17-41(39)48(42-18-10-8-16-40(42)45)35-28-37(44-38(29-35)36-14-6-11-19-43(36)49-44)30-20-24-33(25-21-30)47(32-12-4-3-5-13-32)34-26-22-31(46)23-27-34/h3-29H,1-2H3. The molecule has 49 heavy (non-hydrogen) atoms. The fraction of sp³-hybridized carbons (Fsp3) is 0.0667. The number of halogens is 1. The van der Waals surface area contributed by atoms with Crippen LogP contribution in [0.1, 0.15) is 25.0 Å². The first kappa shape index (κ1) is 29.0. The molecule has 1 aliphatic rings. The van der Waals surface area contributed by atoms with Gasteiger partial charge in [-0.05, 0) is 95.6 Å². The van der Waals surface area contributed by atoms with Gasteiger partial charge in [0.25, 0.3) is 0 Å². The highest BCUT2D eigenvalue weighted by Gasteiger charge is 2.36. The zero-order chi connectivity index (χ0) is 33.1. The van der Waals surface area contributed by atoms with E-state index in [1.54, 1.807) is 0 Å². The van der Waals surface area contributed by atoms with E-state index in [0.29, 0.717) is 0 Å². The van der Waals surface area contributed by atoms with Crippen molar-refractivity contribution >= 4 is 56.1 Å². The summed E-state index contributed by atoms with van der Waals surface area (Å²) in [4.78, 5) is 4.54. The number of furan rings is 1. The van der Waals surface area contributed by atoms with Gasteiger partial charge < -0.3 is 14.2 Å². The molecule has 0 N–H and O–H groups in total. The number of rotatable bonds is 5. The Labute approximate surface area is 285 Å². The zero-order valence-electron chi connectivity index (χ0n) is 27.3. The molecule has 4 heteroatoms. The van der Waals surface area contributed by atoms with E-state index in [9.17, 15) is 4.39 Å². The van der Waals surface area contributed by atoms with Gasteiger partial charge in [0.1, 0.15) is 17.0 Å². The van der Waals surface area contributed by atoms with E-state index < -0.39 is 0 Å². The second-order valence-corrected chi connectivity index (χ2v) is 13.2. The minimum absolute atomic E-state index is 0.149. The molecule has 0 unspecified atom stereocenters. The quantitative estimate of drug-likeness (QED) is 0.187. The molecule has 1 aromatic heterocycles. The van der Waals surface area contributed by atoms with E-state index in [0.717, 1.165) is 55.8 Å². The van der Waals surface area contributed by atoms with Gasteiger partial charge in [-0.2, -0.15) is 0 Å². The van der Waals surface area contributed by atoms with Crippen LogP contribution in [-0.4, -0.2) is 0 Å². The summed E-state index contributed by atoms with van der Waals surface area (Å²) in [5.74, 6) is -0.260. The Kier molecular flexibility index (Phi) is 6.66. The Hall–Kier alpha value is -6.13. The number of anilines is 6. The maximum absolute atomic E-state index is 13.9. The summed E-state index contributed by atoms with van der Waals surface area (Å²) in [6.45, 7) is 4.62. The van der Waals surface area contributed by atoms with Gasteiger partial charge in [0, 0.05) is 44.5 Å². The van der Waals surface area contributed by atoms with Gasteiger partial charge in [-0.3, -0.25) is 0 Å². The topological polar surface area (TPSA) is 19.6 Å². The molecule has 236 valence electrons. The molecule has 7 aromatic carbocycles. The van der Waals surface area contributed by atoms with Gasteiger partial charge in [0.05, 0.1) is 11.4 Å². The van der Waals surface area contributed by atoms with Crippen LogP contribution in [0.2, 0.25) is 0 Å². The van der Waals surface area contributed by atoms with Crippen LogP contribution in [-0.2, 0) is 5.41 Å². The molecule has 0 spiro atoms. The van der Waals surface area contributed by atoms with Gasteiger partial charge in [0.2, 0.25) is 0 Å². The smallest absolute Gasteiger partial charge is 0.143 e. The Bertz CT molecular complexity index is 2430. The second kappa shape index (κ2) is 11.2. The Morgan fingerprint density at radius 3 is 1.78 bits per heavy atom. The summed E-state index contributed by atoms with van der Waals surface area (Å²) in [7, 11) is 0. The average molecular weight is 637 g/mol. The molecule has 0 amide bonds. The monoisotopic (exact) mass is 636 g/mol. The van der Waals surface area contributed by atoms with Gasteiger partial charge in [-0.1, -0.05) is 98.8 Å². The third kappa shape index (κ3) is 4.71. The molecule has 0 fully saturated rings. The fourth-order valence-electron chi connectivity index (χ4n) is 7.51. The Morgan fingerprint density at radius 2 is 1.10 bits per heavy atom. The number of hydrogen-bond donors (Lipinski definition) is 0. The highest BCUT2D eigenvalue weighted by atomic mass is 19.1. The highest BCUT2D eigenvalue weighted by Crippen LogP contribution is 2.53. The maximum atomic E-state index is 13.9. The van der Waals surface area contributed by atoms with E-state index in [4.69, 9.17) is 4.42 Å². The van der Waals surface area contributed by atoms with Crippen molar-refractivity contribution < 1.29 is 8.81 Å². The molecule has 1 aliphatic heterocycles. The molecule has 2 heterocycles. The molecule has 0 bridgehead atoms. The van der Waals surface area contributed by atoms with Crippen LogP contribution in [0.5, 0.6) is 0 Å². The summed E-state index contributed by atoms with van der Waals surface area (Å²) >= 11 is 0. The van der Waals surface area contributed by atoms with Crippen molar-refractivity contribution in [2.45, 2.75) is 19.3 Å². The van der Waals surface area contributed by atoms with Crippen LogP contribution in [0, 0.1) is 5.82 Å². The van der Waals surface area contributed by atoms with E-state index in [2.05, 4.69) is 133 Å². The first-order valence-corrected chi connectivity index (χ1v) is 16.6. The minimum atomic E-state index is -0.260. The molecule has 0 aliphatic carbocycles. The summed E-state index contributed by atoms with van der Waals surface area (Å²) < 4.78 is 20.6. The molecular weight excluding hydrogens is 604 g/mol. The number of nitrogens with zero attached hydrogens (tertiary/aromatic N) is 2. The summed E-state index contributed by atoms with van der Waals surface area (Å²) in [5.41, 5.74) is 12.5. The van der Waals surface area contributed by atoms with Gasteiger partial charge >= 0.3 is 0 Å². The Balaban J connectivity index is 1.24. The van der Waals surface area contributed by atoms with Crippen molar-refractivity contribution in [3.63, 3.8) is 0 Å². The van der Waals surface area contributed by atoms with Crippen LogP contribution < -0.4 is 9.80 Å². The Morgan fingerprint density at radius 1 is 0.551 bits per heavy atom. The van der Waals surface area contributed by atoms with Gasteiger partial charge in [-0.25, -0.2) is 4.39 Å². The van der Waals surface area contributed by atoms with E-state index >= 15 is 0 Å². The molecule has 0 atom stereocenters. The normalized spacial score (nSPS) is 13.3. The molecule has 0 radical (unpaired) electrons. The van der Waals surface area contributed by atoms with Crippen LogP contribution in [0.4, 0.5) is 38.5 Å². The van der Waals surface area contributed by atoms with E-state index in [1.165, 1.54) is 34.6 Å². The molecule has 0 saturated carbocycles. The lowest BCUT2D eigenvalue weighted by atomic mass is 9.73. The first-order chi connectivity index (χ1) is 24.0. The van der Waals surface area contributed by atoms with Crippen molar-refractivity contribution in [1.82, 2.24) is 0 Å². The predicted molar refractivity (Wildman–Crippen MR) is 201 cm³/mol. The second-order valence-electron chi connectivity index (χ2n) is 13.2. The average Bonchev–Trinajstić information content (AvgIpc) is 3.52. The summed E-state index contributed by atoms with van der Waals surface area (Å²) in [5, 5.41) is 2.16.